The van der Waals surface area contributed by atoms with Gasteiger partial charge in [0.05, 0.1) is 6.10 Å². The van der Waals surface area contributed by atoms with Crippen LogP contribution in [0.15, 0.2) is 40.9 Å². The maximum atomic E-state index is 13.6. The fraction of sp³-hybridized carbons (Fsp3) is 0.200. The molecule has 2 rings (SSSR count). The monoisotopic (exact) mass is 342 g/mol. The summed E-state index contributed by atoms with van der Waals surface area (Å²) < 4.78 is 33.3. The molecule has 20 heavy (non-hydrogen) atoms. The van der Waals surface area contributed by atoms with Gasteiger partial charge in [0.2, 0.25) is 0 Å². The number of rotatable bonds is 4. The van der Waals surface area contributed by atoms with Crippen LogP contribution in [0.2, 0.25) is 0 Å². The Morgan fingerprint density at radius 1 is 1.15 bits per heavy atom. The smallest absolute Gasteiger partial charge is 0.132 e. The molecule has 2 nitrogen and oxygen atoms in total. The minimum atomic E-state index is -0.883. The van der Waals surface area contributed by atoms with Gasteiger partial charge in [-0.1, -0.05) is 15.9 Å². The Morgan fingerprint density at radius 3 is 2.55 bits per heavy atom. The molecule has 106 valence electrons. The molecule has 0 saturated carbocycles. The molecule has 0 fully saturated rings. The van der Waals surface area contributed by atoms with Gasteiger partial charge in [-0.2, -0.15) is 0 Å². The van der Waals surface area contributed by atoms with Gasteiger partial charge in [0.1, 0.15) is 24.0 Å². The summed E-state index contributed by atoms with van der Waals surface area (Å²) in [5.74, 6) is -0.646. The van der Waals surface area contributed by atoms with Gasteiger partial charge in [-0.25, -0.2) is 8.78 Å². The summed E-state index contributed by atoms with van der Waals surface area (Å²) in [6.45, 7) is 1.48. The third-order valence-electron chi connectivity index (χ3n) is 2.82. The molecule has 0 amide bonds. The topological polar surface area (TPSA) is 29.5 Å². The van der Waals surface area contributed by atoms with Crippen LogP contribution in [-0.4, -0.2) is 5.11 Å². The normalized spacial score (nSPS) is 12.2. The molecule has 0 bridgehead atoms. The first-order valence-corrected chi connectivity index (χ1v) is 6.81. The average molecular weight is 343 g/mol. The highest BCUT2D eigenvalue weighted by atomic mass is 79.9. The summed E-state index contributed by atoms with van der Waals surface area (Å²) in [6.07, 6.45) is -0.883. The van der Waals surface area contributed by atoms with E-state index in [1.54, 1.807) is 18.2 Å². The number of hydrogen-bond donors (Lipinski definition) is 1. The van der Waals surface area contributed by atoms with E-state index < -0.39 is 11.9 Å². The average Bonchev–Trinajstić information content (AvgIpc) is 2.39. The molecule has 0 aliphatic heterocycles. The third-order valence-corrected chi connectivity index (χ3v) is 3.32. The highest BCUT2D eigenvalue weighted by molar-refractivity contribution is 9.10. The summed E-state index contributed by atoms with van der Waals surface area (Å²) in [7, 11) is 0. The fourth-order valence-electron chi connectivity index (χ4n) is 1.75. The molecule has 0 radical (unpaired) electrons. The summed E-state index contributed by atoms with van der Waals surface area (Å²) in [4.78, 5) is 0. The molecular formula is C15H13BrF2O2. The van der Waals surface area contributed by atoms with Crippen LogP contribution in [0.5, 0.6) is 5.75 Å². The zero-order chi connectivity index (χ0) is 14.7. The molecule has 2 aromatic carbocycles. The molecule has 0 aliphatic carbocycles. The van der Waals surface area contributed by atoms with Crippen molar-refractivity contribution in [2.24, 2.45) is 0 Å². The number of aliphatic hydroxyl groups is 1. The Balaban J connectivity index is 2.11. The van der Waals surface area contributed by atoms with E-state index in [2.05, 4.69) is 15.9 Å². The van der Waals surface area contributed by atoms with Crippen molar-refractivity contribution in [2.45, 2.75) is 19.6 Å². The summed E-state index contributed by atoms with van der Waals surface area (Å²) in [6, 6.07) is 8.71. The largest absolute Gasteiger partial charge is 0.489 e. The SMILES string of the molecule is CC(O)c1ccc(OCc2cc(Br)ccc2F)cc1F. The summed E-state index contributed by atoms with van der Waals surface area (Å²) in [5.41, 5.74) is 0.574. The van der Waals surface area contributed by atoms with E-state index in [0.29, 0.717) is 5.56 Å². The molecule has 0 saturated heterocycles. The van der Waals surface area contributed by atoms with Crippen LogP contribution >= 0.6 is 15.9 Å². The van der Waals surface area contributed by atoms with Crippen LogP contribution in [0.1, 0.15) is 24.2 Å². The quantitative estimate of drug-likeness (QED) is 0.894. The van der Waals surface area contributed by atoms with Crippen molar-refractivity contribution >= 4 is 15.9 Å². The molecule has 5 heteroatoms. The van der Waals surface area contributed by atoms with Crippen molar-refractivity contribution in [1.29, 1.82) is 0 Å². The minimum absolute atomic E-state index is 0.00125. The lowest BCUT2D eigenvalue weighted by Gasteiger charge is -2.10. The minimum Gasteiger partial charge on any atom is -0.489 e. The first kappa shape index (κ1) is 14.9. The molecule has 0 heterocycles. The van der Waals surface area contributed by atoms with Crippen molar-refractivity contribution in [3.8, 4) is 5.75 Å². The van der Waals surface area contributed by atoms with Crippen molar-refractivity contribution in [3.05, 3.63) is 63.6 Å². The van der Waals surface area contributed by atoms with Crippen LogP contribution in [0.3, 0.4) is 0 Å². The highest BCUT2D eigenvalue weighted by Crippen LogP contribution is 2.23. The molecular weight excluding hydrogens is 330 g/mol. The lowest BCUT2D eigenvalue weighted by molar-refractivity contribution is 0.194. The molecule has 0 aromatic heterocycles. The van der Waals surface area contributed by atoms with Gasteiger partial charge < -0.3 is 9.84 Å². The lowest BCUT2D eigenvalue weighted by Crippen LogP contribution is -2.01. The second-order valence-corrected chi connectivity index (χ2v) is 5.30. The van der Waals surface area contributed by atoms with E-state index in [0.717, 1.165) is 4.47 Å². The number of hydrogen-bond acceptors (Lipinski definition) is 2. The van der Waals surface area contributed by atoms with Gasteiger partial charge >= 0.3 is 0 Å². The molecule has 0 spiro atoms. The van der Waals surface area contributed by atoms with Gasteiger partial charge in [0.25, 0.3) is 0 Å². The standard InChI is InChI=1S/C15H13BrF2O2/c1-9(19)13-4-3-12(7-15(13)18)20-8-10-6-11(16)2-5-14(10)17/h2-7,9,19H,8H2,1H3. The predicted octanol–water partition coefficient (Wildman–Crippen LogP) is 4.36. The lowest BCUT2D eigenvalue weighted by atomic mass is 10.1. The van der Waals surface area contributed by atoms with Crippen LogP contribution < -0.4 is 4.74 Å². The van der Waals surface area contributed by atoms with Gasteiger partial charge in [-0.15, -0.1) is 0 Å². The van der Waals surface area contributed by atoms with Crippen LogP contribution in [-0.2, 0) is 6.61 Å². The zero-order valence-corrected chi connectivity index (χ0v) is 12.3. The van der Waals surface area contributed by atoms with Crippen LogP contribution in [0.4, 0.5) is 8.78 Å². The van der Waals surface area contributed by atoms with Gasteiger partial charge in [0, 0.05) is 21.7 Å². The number of halogens is 3. The van der Waals surface area contributed by atoms with Gasteiger partial charge in [-0.3, -0.25) is 0 Å². The van der Waals surface area contributed by atoms with Gasteiger partial charge in [-0.05, 0) is 37.3 Å². The Kier molecular flexibility index (Phi) is 4.73. The first-order chi connectivity index (χ1) is 9.47. The molecule has 1 unspecified atom stereocenters. The van der Waals surface area contributed by atoms with Crippen molar-refractivity contribution < 1.29 is 18.6 Å². The number of aliphatic hydroxyl groups excluding tert-OH is 1. The zero-order valence-electron chi connectivity index (χ0n) is 10.7. The van der Waals surface area contributed by atoms with E-state index in [-0.39, 0.29) is 23.7 Å². The third kappa shape index (κ3) is 3.55. The van der Waals surface area contributed by atoms with E-state index in [4.69, 9.17) is 4.74 Å². The Bertz CT molecular complexity index is 615. The molecule has 1 N–H and O–H groups in total. The van der Waals surface area contributed by atoms with Crippen molar-refractivity contribution in [3.63, 3.8) is 0 Å². The Labute approximate surface area is 124 Å². The molecule has 0 aliphatic rings. The Morgan fingerprint density at radius 2 is 1.90 bits per heavy atom. The second kappa shape index (κ2) is 6.33. The van der Waals surface area contributed by atoms with Crippen molar-refractivity contribution in [2.75, 3.05) is 0 Å². The van der Waals surface area contributed by atoms with Crippen LogP contribution in [0, 0.1) is 11.6 Å². The first-order valence-electron chi connectivity index (χ1n) is 6.01. The fourth-order valence-corrected chi connectivity index (χ4v) is 2.16. The van der Waals surface area contributed by atoms with Crippen molar-refractivity contribution in [1.82, 2.24) is 0 Å². The highest BCUT2D eigenvalue weighted by Gasteiger charge is 2.10. The van der Waals surface area contributed by atoms with E-state index in [1.807, 2.05) is 0 Å². The van der Waals surface area contributed by atoms with E-state index >= 15 is 0 Å². The molecule has 1 atom stereocenters. The van der Waals surface area contributed by atoms with E-state index in [9.17, 15) is 13.9 Å². The van der Waals surface area contributed by atoms with Gasteiger partial charge in [0.15, 0.2) is 0 Å². The molecule has 2 aromatic rings. The second-order valence-electron chi connectivity index (χ2n) is 4.38. The maximum absolute atomic E-state index is 13.6. The maximum Gasteiger partial charge on any atom is 0.132 e. The van der Waals surface area contributed by atoms with Crippen LogP contribution in [0.25, 0.3) is 0 Å². The van der Waals surface area contributed by atoms with E-state index in [1.165, 1.54) is 25.1 Å². The Hall–Kier alpha value is -1.46. The summed E-state index contributed by atoms with van der Waals surface area (Å²) >= 11 is 3.25. The number of benzene rings is 2. The number of ether oxygens (including phenoxy) is 1. The predicted molar refractivity (Wildman–Crippen MR) is 75.5 cm³/mol. The summed E-state index contributed by atoms with van der Waals surface area (Å²) in [5, 5.41) is 9.33.